The lowest BCUT2D eigenvalue weighted by atomic mass is 10.0. The monoisotopic (exact) mass is 499 g/mol. The highest BCUT2D eigenvalue weighted by Gasteiger charge is 2.33. The van der Waals surface area contributed by atoms with Crippen LogP contribution in [0.2, 0.25) is 5.02 Å². The Morgan fingerprint density at radius 2 is 1.59 bits per heavy atom. The van der Waals surface area contributed by atoms with Gasteiger partial charge in [-0.2, -0.15) is 22.2 Å². The van der Waals surface area contributed by atoms with E-state index in [1.807, 2.05) is 25.1 Å². The van der Waals surface area contributed by atoms with Crippen LogP contribution < -0.4 is 4.74 Å². The first-order chi connectivity index (χ1) is 14.8. The molecule has 9 heteroatoms. The topological polar surface area (TPSA) is 46.6 Å². The number of rotatable bonds is 8. The minimum atomic E-state index is -4.07. The number of hydrogen-bond acceptors (Lipinski definition) is 3. The van der Waals surface area contributed by atoms with Crippen molar-refractivity contribution in [2.24, 2.45) is 0 Å². The third-order valence-corrected chi connectivity index (χ3v) is 7.13. The van der Waals surface area contributed by atoms with Crippen LogP contribution in [0.5, 0.6) is 5.75 Å². The second-order valence-corrected chi connectivity index (χ2v) is 9.22. The van der Waals surface area contributed by atoms with Crippen LogP contribution in [0.3, 0.4) is 0 Å². The molecule has 3 rings (SSSR count). The standard InChI is InChI=1S/C23H22ClF2NO3S.H2S/c1-3-20(16-7-5-4-6-8-16)27(31(28,29)19-12-10-18(24)11-13-19)15-17-9-14-21(30-2)23(26)22(17)25;/h4-14,20H,3,15H2,1-2H3;1H2. The highest BCUT2D eigenvalue weighted by molar-refractivity contribution is 7.89. The number of nitrogens with zero attached hydrogens (tertiary/aromatic N) is 1. The van der Waals surface area contributed by atoms with Gasteiger partial charge in [0.2, 0.25) is 15.8 Å². The van der Waals surface area contributed by atoms with Crippen molar-refractivity contribution in [1.82, 2.24) is 4.31 Å². The molecule has 0 bridgehead atoms. The van der Waals surface area contributed by atoms with E-state index in [0.717, 1.165) is 5.56 Å². The summed E-state index contributed by atoms with van der Waals surface area (Å²) in [5.41, 5.74) is 0.655. The zero-order valence-electron chi connectivity index (χ0n) is 17.6. The first kappa shape index (κ1) is 26.1. The summed E-state index contributed by atoms with van der Waals surface area (Å²) in [7, 11) is -2.83. The van der Waals surface area contributed by atoms with E-state index in [2.05, 4.69) is 0 Å². The fraction of sp³-hybridized carbons (Fsp3) is 0.217. The van der Waals surface area contributed by atoms with Gasteiger partial charge < -0.3 is 4.74 Å². The fourth-order valence-electron chi connectivity index (χ4n) is 3.40. The summed E-state index contributed by atoms with van der Waals surface area (Å²) in [5.74, 6) is -2.54. The van der Waals surface area contributed by atoms with Crippen molar-refractivity contribution in [1.29, 1.82) is 0 Å². The summed E-state index contributed by atoms with van der Waals surface area (Å²) in [6.45, 7) is 1.48. The van der Waals surface area contributed by atoms with Crippen molar-refractivity contribution in [3.05, 3.63) is 94.5 Å². The van der Waals surface area contributed by atoms with Crippen molar-refractivity contribution >= 4 is 35.1 Å². The third-order valence-electron chi connectivity index (χ3n) is 5.01. The molecule has 3 aromatic rings. The molecule has 1 unspecified atom stereocenters. The summed E-state index contributed by atoms with van der Waals surface area (Å²) in [6, 6.07) is 16.8. The average Bonchev–Trinajstić information content (AvgIpc) is 2.77. The van der Waals surface area contributed by atoms with E-state index in [1.54, 1.807) is 12.1 Å². The molecule has 0 N–H and O–H groups in total. The van der Waals surface area contributed by atoms with Crippen LogP contribution in [-0.4, -0.2) is 19.8 Å². The van der Waals surface area contributed by atoms with E-state index in [-0.39, 0.29) is 36.2 Å². The van der Waals surface area contributed by atoms with Crippen LogP contribution in [0.1, 0.15) is 30.5 Å². The van der Waals surface area contributed by atoms with E-state index in [1.165, 1.54) is 47.8 Å². The number of sulfonamides is 1. The van der Waals surface area contributed by atoms with Crippen LogP contribution in [0.4, 0.5) is 8.78 Å². The molecule has 3 aromatic carbocycles. The number of benzene rings is 3. The highest BCUT2D eigenvalue weighted by Crippen LogP contribution is 2.34. The fourth-order valence-corrected chi connectivity index (χ4v) is 5.20. The van der Waals surface area contributed by atoms with E-state index in [0.29, 0.717) is 11.4 Å². The summed E-state index contributed by atoms with van der Waals surface area (Å²) in [4.78, 5) is 0.0145. The average molecular weight is 500 g/mol. The molecule has 0 heterocycles. The lowest BCUT2D eigenvalue weighted by Crippen LogP contribution is -2.34. The largest absolute Gasteiger partial charge is 0.494 e. The van der Waals surface area contributed by atoms with Crippen LogP contribution in [0, 0.1) is 11.6 Å². The Balaban J connectivity index is 0.00000363. The quantitative estimate of drug-likeness (QED) is 0.377. The zero-order valence-corrected chi connectivity index (χ0v) is 20.1. The lowest BCUT2D eigenvalue weighted by Gasteiger charge is -2.31. The minimum Gasteiger partial charge on any atom is -0.494 e. The Labute approximate surface area is 199 Å². The second-order valence-electron chi connectivity index (χ2n) is 6.89. The molecule has 4 nitrogen and oxygen atoms in total. The molecule has 0 saturated carbocycles. The molecule has 32 heavy (non-hydrogen) atoms. The van der Waals surface area contributed by atoms with Crippen molar-refractivity contribution in [3.63, 3.8) is 0 Å². The molecule has 0 spiro atoms. The third kappa shape index (κ3) is 5.43. The molecule has 1 atom stereocenters. The van der Waals surface area contributed by atoms with Crippen LogP contribution >= 0.6 is 25.1 Å². The Kier molecular flexibility index (Phi) is 9.09. The molecule has 0 fully saturated rings. The van der Waals surface area contributed by atoms with Gasteiger partial charge in [0.25, 0.3) is 0 Å². The van der Waals surface area contributed by atoms with Gasteiger partial charge in [-0.25, -0.2) is 12.8 Å². The molecule has 0 aromatic heterocycles. The molecule has 172 valence electrons. The van der Waals surface area contributed by atoms with Crippen LogP contribution in [-0.2, 0) is 16.6 Å². The second kappa shape index (κ2) is 11.1. The van der Waals surface area contributed by atoms with Gasteiger partial charge in [0, 0.05) is 17.1 Å². The number of halogens is 3. The maximum atomic E-state index is 14.7. The van der Waals surface area contributed by atoms with Gasteiger partial charge in [-0.3, -0.25) is 0 Å². The molecule has 0 amide bonds. The zero-order chi connectivity index (χ0) is 22.6. The van der Waals surface area contributed by atoms with Crippen LogP contribution in [0.15, 0.2) is 71.6 Å². The summed E-state index contributed by atoms with van der Waals surface area (Å²) in [6.07, 6.45) is 0.428. The van der Waals surface area contributed by atoms with Gasteiger partial charge >= 0.3 is 0 Å². The van der Waals surface area contributed by atoms with E-state index >= 15 is 0 Å². The molecule has 0 saturated heterocycles. The molecule has 0 aliphatic carbocycles. The maximum absolute atomic E-state index is 14.7. The van der Waals surface area contributed by atoms with E-state index < -0.39 is 27.7 Å². The normalized spacial score (nSPS) is 12.3. The van der Waals surface area contributed by atoms with Gasteiger partial charge in [-0.15, -0.1) is 0 Å². The van der Waals surface area contributed by atoms with E-state index in [9.17, 15) is 17.2 Å². The van der Waals surface area contributed by atoms with Gasteiger partial charge in [0.05, 0.1) is 18.0 Å². The molecular formula is C23H24ClF2NO3S2. The minimum absolute atomic E-state index is 0. The number of methoxy groups -OCH3 is 1. The van der Waals surface area contributed by atoms with Crippen molar-refractivity contribution < 1.29 is 21.9 Å². The van der Waals surface area contributed by atoms with E-state index in [4.69, 9.17) is 16.3 Å². The predicted molar refractivity (Wildman–Crippen MR) is 127 cm³/mol. The van der Waals surface area contributed by atoms with Crippen LogP contribution in [0.25, 0.3) is 0 Å². The number of ether oxygens (including phenoxy) is 1. The Hall–Kier alpha value is -2.13. The molecule has 0 radical (unpaired) electrons. The SMILES string of the molecule is CCC(c1ccccc1)N(Cc1ccc(OC)c(F)c1F)S(=O)(=O)c1ccc(Cl)cc1.S. The lowest BCUT2D eigenvalue weighted by molar-refractivity contribution is 0.302. The summed E-state index contributed by atoms with van der Waals surface area (Å²) in [5, 5.41) is 0.392. The summed E-state index contributed by atoms with van der Waals surface area (Å²) < 4.78 is 62.2. The first-order valence-electron chi connectivity index (χ1n) is 9.62. The van der Waals surface area contributed by atoms with Gasteiger partial charge in [0.1, 0.15) is 0 Å². The predicted octanol–water partition coefficient (Wildman–Crippen LogP) is 6.08. The van der Waals surface area contributed by atoms with Gasteiger partial charge in [-0.05, 0) is 42.3 Å². The molecular weight excluding hydrogens is 476 g/mol. The Bertz CT molecular complexity index is 1140. The maximum Gasteiger partial charge on any atom is 0.243 e. The smallest absolute Gasteiger partial charge is 0.243 e. The molecule has 0 aliphatic heterocycles. The van der Waals surface area contributed by atoms with Gasteiger partial charge in [0.15, 0.2) is 11.6 Å². The van der Waals surface area contributed by atoms with Crippen molar-refractivity contribution in [2.75, 3.05) is 7.11 Å². The Morgan fingerprint density at radius 3 is 2.16 bits per heavy atom. The van der Waals surface area contributed by atoms with Gasteiger partial charge in [-0.1, -0.05) is 54.9 Å². The first-order valence-corrected chi connectivity index (χ1v) is 11.4. The van der Waals surface area contributed by atoms with Crippen molar-refractivity contribution in [2.45, 2.75) is 30.8 Å². The number of hydrogen-bond donors (Lipinski definition) is 0. The van der Waals surface area contributed by atoms with Crippen molar-refractivity contribution in [3.8, 4) is 5.75 Å². The Morgan fingerprint density at radius 1 is 0.969 bits per heavy atom. The summed E-state index contributed by atoms with van der Waals surface area (Å²) >= 11 is 5.91. The molecule has 0 aliphatic rings. The highest BCUT2D eigenvalue weighted by atomic mass is 35.5.